The van der Waals surface area contributed by atoms with Crippen LogP contribution in [-0.2, 0) is 25.9 Å². The Balaban J connectivity index is 1.51. The minimum Gasteiger partial charge on any atom is -0.336 e. The molecule has 1 aliphatic carbocycles. The number of thioether (sulfide) groups is 1. The number of aryl methyl sites for hydroxylation is 1. The van der Waals surface area contributed by atoms with Crippen LogP contribution in [0.3, 0.4) is 0 Å². The van der Waals surface area contributed by atoms with Gasteiger partial charge in [0.1, 0.15) is 0 Å². The zero-order valence-corrected chi connectivity index (χ0v) is 17.4. The monoisotopic (exact) mass is 399 g/mol. The van der Waals surface area contributed by atoms with Gasteiger partial charge >= 0.3 is 0 Å². The lowest BCUT2D eigenvalue weighted by atomic mass is 9.91. The van der Waals surface area contributed by atoms with Crippen LogP contribution in [0.2, 0.25) is 0 Å². The fourth-order valence-corrected chi connectivity index (χ4v) is 5.00. The van der Waals surface area contributed by atoms with Gasteiger partial charge in [0, 0.05) is 61.2 Å². The summed E-state index contributed by atoms with van der Waals surface area (Å²) in [6.07, 6.45) is 5.78. The molecule has 1 saturated heterocycles. The van der Waals surface area contributed by atoms with Gasteiger partial charge in [-0.3, -0.25) is 14.5 Å². The maximum absolute atomic E-state index is 13.2. The highest BCUT2D eigenvalue weighted by Crippen LogP contribution is 2.27. The Labute approximate surface area is 171 Å². The molecular formula is C21H29N5OS. The lowest BCUT2D eigenvalue weighted by Gasteiger charge is -2.27. The van der Waals surface area contributed by atoms with Gasteiger partial charge in [0.15, 0.2) is 5.69 Å². The summed E-state index contributed by atoms with van der Waals surface area (Å²) in [5.74, 6) is 2.17. The van der Waals surface area contributed by atoms with E-state index in [0.717, 1.165) is 69.1 Å². The van der Waals surface area contributed by atoms with Crippen LogP contribution in [0.4, 0.5) is 0 Å². The van der Waals surface area contributed by atoms with Gasteiger partial charge in [-0.2, -0.15) is 16.9 Å². The minimum absolute atomic E-state index is 0.122. The van der Waals surface area contributed by atoms with Crippen molar-refractivity contribution in [2.45, 2.75) is 51.7 Å². The molecule has 2 aliphatic rings. The van der Waals surface area contributed by atoms with Crippen molar-refractivity contribution < 1.29 is 4.79 Å². The first-order valence-electron chi connectivity index (χ1n) is 10.3. The molecule has 2 aromatic rings. The predicted octanol–water partition coefficient (Wildman–Crippen LogP) is 2.52. The summed E-state index contributed by atoms with van der Waals surface area (Å²) in [6.45, 7) is 5.48. The van der Waals surface area contributed by atoms with Crippen LogP contribution in [0.15, 0.2) is 24.4 Å². The Morgan fingerprint density at radius 3 is 2.93 bits per heavy atom. The summed E-state index contributed by atoms with van der Waals surface area (Å²) >= 11 is 1.92. The standard InChI is InChI=1S/C21H29N5OS/c1-2-9-26-19-7-6-16(23-15-17-5-3-4-8-22-17)14-18(19)20(24-26)21(27)25-10-12-28-13-11-25/h3-5,8,16,23H,2,6-7,9-15H2,1H3. The van der Waals surface area contributed by atoms with Crippen LogP contribution in [-0.4, -0.2) is 56.2 Å². The van der Waals surface area contributed by atoms with Crippen molar-refractivity contribution in [1.29, 1.82) is 0 Å². The molecule has 0 aromatic carbocycles. The number of carbonyl (C=O) groups excluding carboxylic acids is 1. The van der Waals surface area contributed by atoms with Crippen LogP contribution >= 0.6 is 11.8 Å². The Morgan fingerprint density at radius 1 is 1.32 bits per heavy atom. The van der Waals surface area contributed by atoms with E-state index in [1.165, 1.54) is 11.3 Å². The molecule has 1 fully saturated rings. The zero-order chi connectivity index (χ0) is 19.3. The fraction of sp³-hybridized carbons (Fsp3) is 0.571. The van der Waals surface area contributed by atoms with Gasteiger partial charge in [0.25, 0.3) is 5.91 Å². The summed E-state index contributed by atoms with van der Waals surface area (Å²) < 4.78 is 2.09. The average Bonchev–Trinajstić information content (AvgIpc) is 3.11. The van der Waals surface area contributed by atoms with E-state index in [0.29, 0.717) is 11.7 Å². The van der Waals surface area contributed by atoms with E-state index in [1.807, 2.05) is 41.1 Å². The summed E-state index contributed by atoms with van der Waals surface area (Å²) in [6, 6.07) is 6.36. The van der Waals surface area contributed by atoms with Gasteiger partial charge in [-0.15, -0.1) is 0 Å². The second-order valence-electron chi connectivity index (χ2n) is 7.54. The lowest BCUT2D eigenvalue weighted by Crippen LogP contribution is -2.39. The smallest absolute Gasteiger partial charge is 0.274 e. The van der Waals surface area contributed by atoms with E-state index in [2.05, 4.69) is 21.9 Å². The van der Waals surface area contributed by atoms with Crippen molar-refractivity contribution in [2.24, 2.45) is 0 Å². The third-order valence-electron chi connectivity index (χ3n) is 5.58. The third-order valence-corrected chi connectivity index (χ3v) is 6.52. The van der Waals surface area contributed by atoms with Crippen molar-refractivity contribution in [2.75, 3.05) is 24.6 Å². The van der Waals surface area contributed by atoms with Crippen molar-refractivity contribution in [3.63, 3.8) is 0 Å². The molecule has 7 heteroatoms. The zero-order valence-electron chi connectivity index (χ0n) is 16.6. The van der Waals surface area contributed by atoms with Crippen LogP contribution in [0, 0.1) is 0 Å². The minimum atomic E-state index is 0.122. The summed E-state index contributed by atoms with van der Waals surface area (Å²) in [5.41, 5.74) is 4.19. The Kier molecular flexibility index (Phi) is 6.32. The second kappa shape index (κ2) is 9.09. The number of pyridine rings is 1. The quantitative estimate of drug-likeness (QED) is 0.809. The van der Waals surface area contributed by atoms with E-state index in [4.69, 9.17) is 5.10 Å². The number of hydrogen-bond donors (Lipinski definition) is 1. The number of amides is 1. The highest BCUT2D eigenvalue weighted by Gasteiger charge is 2.31. The first-order chi connectivity index (χ1) is 13.8. The number of hydrogen-bond acceptors (Lipinski definition) is 5. The van der Waals surface area contributed by atoms with Crippen LogP contribution in [0.1, 0.15) is 47.2 Å². The van der Waals surface area contributed by atoms with E-state index in [1.54, 1.807) is 0 Å². The molecule has 150 valence electrons. The molecule has 4 rings (SSSR count). The Morgan fingerprint density at radius 2 is 2.18 bits per heavy atom. The predicted molar refractivity (Wildman–Crippen MR) is 113 cm³/mol. The molecule has 6 nitrogen and oxygen atoms in total. The van der Waals surface area contributed by atoms with Gasteiger partial charge in [-0.1, -0.05) is 13.0 Å². The molecule has 1 atom stereocenters. The summed E-state index contributed by atoms with van der Waals surface area (Å²) in [5, 5.41) is 8.43. The van der Waals surface area contributed by atoms with Gasteiger partial charge in [-0.25, -0.2) is 0 Å². The highest BCUT2D eigenvalue weighted by atomic mass is 32.2. The van der Waals surface area contributed by atoms with Gasteiger partial charge in [-0.05, 0) is 37.8 Å². The van der Waals surface area contributed by atoms with Crippen molar-refractivity contribution >= 4 is 17.7 Å². The molecule has 1 aliphatic heterocycles. The van der Waals surface area contributed by atoms with Crippen molar-refractivity contribution in [1.82, 2.24) is 25.0 Å². The van der Waals surface area contributed by atoms with Crippen molar-refractivity contribution in [3.8, 4) is 0 Å². The largest absolute Gasteiger partial charge is 0.336 e. The number of rotatable bonds is 6. The van der Waals surface area contributed by atoms with E-state index in [-0.39, 0.29) is 5.91 Å². The molecule has 1 unspecified atom stereocenters. The van der Waals surface area contributed by atoms with Crippen LogP contribution in [0.25, 0.3) is 0 Å². The topological polar surface area (TPSA) is 63.1 Å². The highest BCUT2D eigenvalue weighted by molar-refractivity contribution is 7.99. The normalized spacial score (nSPS) is 19.5. The summed E-state index contributed by atoms with van der Waals surface area (Å²) in [7, 11) is 0. The fourth-order valence-electron chi connectivity index (χ4n) is 4.10. The van der Waals surface area contributed by atoms with Gasteiger partial charge < -0.3 is 10.2 Å². The molecule has 3 heterocycles. The van der Waals surface area contributed by atoms with E-state index in [9.17, 15) is 4.79 Å². The molecular weight excluding hydrogens is 370 g/mol. The lowest BCUT2D eigenvalue weighted by molar-refractivity contribution is 0.0764. The first kappa shape index (κ1) is 19.5. The Hall–Kier alpha value is -1.86. The van der Waals surface area contributed by atoms with Gasteiger partial charge in [0.05, 0.1) is 5.69 Å². The molecule has 1 amide bonds. The van der Waals surface area contributed by atoms with Crippen LogP contribution < -0.4 is 5.32 Å². The molecule has 0 bridgehead atoms. The molecule has 0 radical (unpaired) electrons. The van der Waals surface area contributed by atoms with E-state index < -0.39 is 0 Å². The number of nitrogens with one attached hydrogen (secondary N) is 1. The summed E-state index contributed by atoms with van der Waals surface area (Å²) in [4.78, 5) is 19.6. The molecule has 0 saturated carbocycles. The number of carbonyl (C=O) groups is 1. The third kappa shape index (κ3) is 4.25. The molecule has 1 N–H and O–H groups in total. The van der Waals surface area contributed by atoms with E-state index >= 15 is 0 Å². The van der Waals surface area contributed by atoms with Crippen molar-refractivity contribution in [3.05, 3.63) is 47.0 Å². The molecule has 2 aromatic heterocycles. The average molecular weight is 400 g/mol. The second-order valence-corrected chi connectivity index (χ2v) is 8.77. The Bertz CT molecular complexity index is 801. The number of aromatic nitrogens is 3. The molecule has 28 heavy (non-hydrogen) atoms. The number of nitrogens with zero attached hydrogens (tertiary/aromatic N) is 4. The maximum Gasteiger partial charge on any atom is 0.274 e. The molecule has 0 spiro atoms. The van der Waals surface area contributed by atoms with Gasteiger partial charge in [0.2, 0.25) is 0 Å². The SMILES string of the molecule is CCCn1nc(C(=O)N2CCSCC2)c2c1CCC(NCc1ccccn1)C2. The van der Waals surface area contributed by atoms with Crippen LogP contribution in [0.5, 0.6) is 0 Å². The number of fused-ring (bicyclic) bond motifs is 1. The maximum atomic E-state index is 13.2. The first-order valence-corrected chi connectivity index (χ1v) is 11.5.